The molecule has 4 N–H and O–H groups in total. The summed E-state index contributed by atoms with van der Waals surface area (Å²) in [5.41, 5.74) is 15.2. The van der Waals surface area contributed by atoms with Crippen LogP contribution in [0.1, 0.15) is 47.4 Å². The van der Waals surface area contributed by atoms with E-state index in [1.807, 2.05) is 35.8 Å². The van der Waals surface area contributed by atoms with Crippen molar-refractivity contribution in [3.05, 3.63) is 39.9 Å². The van der Waals surface area contributed by atoms with E-state index in [1.165, 1.54) is 16.2 Å². The van der Waals surface area contributed by atoms with Crippen molar-refractivity contribution in [3.63, 3.8) is 0 Å². The van der Waals surface area contributed by atoms with Gasteiger partial charge in [-0.05, 0) is 25.8 Å². The molecule has 3 aliphatic heterocycles. The van der Waals surface area contributed by atoms with E-state index in [4.69, 9.17) is 35.9 Å². The number of nitriles is 1. The summed E-state index contributed by atoms with van der Waals surface area (Å²) in [7, 11) is 1.95. The molecule has 6 heterocycles. The molecule has 4 aliphatic rings. The van der Waals surface area contributed by atoms with Crippen molar-refractivity contribution in [2.45, 2.75) is 36.3 Å². The van der Waals surface area contributed by atoms with Crippen molar-refractivity contribution in [1.29, 1.82) is 5.26 Å². The van der Waals surface area contributed by atoms with Gasteiger partial charge < -0.3 is 30.7 Å². The van der Waals surface area contributed by atoms with Gasteiger partial charge in [-0.15, -0.1) is 23.1 Å². The fourth-order valence-electron chi connectivity index (χ4n) is 6.27. The highest BCUT2D eigenvalue weighted by Gasteiger charge is 2.53. The second kappa shape index (κ2) is 11.0. The number of hydrogen-bond donors (Lipinski definition) is 2. The Hall–Kier alpha value is -3.38. The van der Waals surface area contributed by atoms with E-state index in [-0.39, 0.29) is 16.2 Å². The first-order valence-electron chi connectivity index (χ1n) is 14.6. The number of nitrogen functional groups attached to an aromatic ring is 2. The number of aromatic nitrogens is 4. The van der Waals surface area contributed by atoms with Crippen LogP contribution in [-0.4, -0.2) is 84.4 Å². The molecule has 1 aliphatic carbocycles. The van der Waals surface area contributed by atoms with E-state index in [9.17, 15) is 5.26 Å². The molecule has 1 spiro atoms. The minimum absolute atomic E-state index is 0.123. The van der Waals surface area contributed by atoms with E-state index < -0.39 is 0 Å². The molecule has 1 atom stereocenters. The normalized spacial score (nSPS) is 20.7. The quantitative estimate of drug-likeness (QED) is 0.360. The topological polar surface area (TPSA) is 156 Å². The number of thiophene rings is 1. The first-order chi connectivity index (χ1) is 20.8. The highest BCUT2D eigenvalue weighted by Crippen LogP contribution is 2.57. The van der Waals surface area contributed by atoms with Crippen molar-refractivity contribution in [2.24, 2.45) is 5.41 Å². The number of thioether (sulfide) groups is 1. The highest BCUT2D eigenvalue weighted by atomic mass is 32.2. The van der Waals surface area contributed by atoms with Gasteiger partial charge in [0.15, 0.2) is 0 Å². The van der Waals surface area contributed by atoms with Crippen LogP contribution in [-0.2, 0) is 15.2 Å². The van der Waals surface area contributed by atoms with Gasteiger partial charge in [-0.3, -0.25) is 4.90 Å². The molecule has 12 nitrogen and oxygen atoms in total. The number of pyridine rings is 1. The number of ether oxygens (including phenoxy) is 2. The van der Waals surface area contributed by atoms with Crippen LogP contribution in [0.5, 0.6) is 6.01 Å². The monoisotopic (exact) mass is 620 g/mol. The molecular formula is C29H36N10O2S2. The van der Waals surface area contributed by atoms with Gasteiger partial charge in [0.2, 0.25) is 11.9 Å². The summed E-state index contributed by atoms with van der Waals surface area (Å²) >= 11 is 3.41. The number of anilines is 4. The Morgan fingerprint density at radius 3 is 2.72 bits per heavy atom. The molecule has 0 aromatic carbocycles. The van der Waals surface area contributed by atoms with Crippen molar-refractivity contribution < 1.29 is 9.47 Å². The molecule has 226 valence electrons. The molecule has 3 aromatic rings. The van der Waals surface area contributed by atoms with E-state index >= 15 is 0 Å². The maximum atomic E-state index is 9.82. The van der Waals surface area contributed by atoms with Crippen LogP contribution >= 0.6 is 23.1 Å². The Bertz CT molecular complexity index is 1560. The Kier molecular flexibility index (Phi) is 7.24. The molecule has 0 radical (unpaired) electrons. The number of fused-ring (bicyclic) bond motifs is 2. The Morgan fingerprint density at radius 1 is 1.21 bits per heavy atom. The molecule has 3 aromatic heterocycles. The lowest BCUT2D eigenvalue weighted by Crippen LogP contribution is -2.57. The Balaban J connectivity index is 1.14. The molecule has 7 rings (SSSR count). The van der Waals surface area contributed by atoms with Gasteiger partial charge in [-0.1, -0.05) is 6.07 Å². The standard InChI is InChI=1S/C29H36N10O2S2/c1-18(19-4-3-7-33-23(19)31)37(2)25-34-26(39-15-29(16-39)22-20(12-30)24(32)43-21(22)13-42-29)36-27(35-25)41-17-28(5-6-28)14-38-8-10-40-11-9-38/h3-4,7,18H,5-6,8-11,13-17,32H2,1-2H3,(H2,31,33). The number of nitrogens with two attached hydrogens (primary N) is 2. The van der Waals surface area contributed by atoms with Crippen LogP contribution < -0.4 is 26.0 Å². The summed E-state index contributed by atoms with van der Waals surface area (Å²) in [5, 5.41) is 10.4. The first-order valence-corrected chi connectivity index (χ1v) is 16.4. The maximum Gasteiger partial charge on any atom is 0.323 e. The van der Waals surface area contributed by atoms with E-state index in [1.54, 1.807) is 6.20 Å². The fraction of sp³-hybridized carbons (Fsp3) is 0.552. The van der Waals surface area contributed by atoms with Crippen LogP contribution in [0.3, 0.4) is 0 Å². The van der Waals surface area contributed by atoms with Gasteiger partial charge in [0.25, 0.3) is 0 Å². The lowest BCUT2D eigenvalue weighted by Gasteiger charge is -2.47. The van der Waals surface area contributed by atoms with Gasteiger partial charge in [0, 0.05) is 73.1 Å². The smallest absolute Gasteiger partial charge is 0.323 e. The Labute approximate surface area is 259 Å². The zero-order chi connectivity index (χ0) is 29.8. The highest BCUT2D eigenvalue weighted by molar-refractivity contribution is 8.00. The van der Waals surface area contributed by atoms with Gasteiger partial charge in [-0.25, -0.2) is 4.98 Å². The molecule has 0 bridgehead atoms. The summed E-state index contributed by atoms with van der Waals surface area (Å²) < 4.78 is 11.7. The third-order valence-corrected chi connectivity index (χ3v) is 11.8. The molecule has 1 unspecified atom stereocenters. The predicted molar refractivity (Wildman–Crippen MR) is 168 cm³/mol. The zero-order valence-electron chi connectivity index (χ0n) is 24.5. The van der Waals surface area contributed by atoms with E-state index in [0.29, 0.717) is 54.0 Å². The van der Waals surface area contributed by atoms with Gasteiger partial charge in [0.05, 0.1) is 36.2 Å². The predicted octanol–water partition coefficient (Wildman–Crippen LogP) is 3.02. The summed E-state index contributed by atoms with van der Waals surface area (Å²) in [6.45, 7) is 8.48. The molecule has 14 heteroatoms. The third kappa shape index (κ3) is 5.22. The van der Waals surface area contributed by atoms with Crippen LogP contribution in [0.4, 0.5) is 22.7 Å². The zero-order valence-corrected chi connectivity index (χ0v) is 26.1. The fourth-order valence-corrected chi connectivity index (χ4v) is 9.08. The summed E-state index contributed by atoms with van der Waals surface area (Å²) in [6.07, 6.45) is 3.95. The van der Waals surface area contributed by atoms with Crippen LogP contribution in [0, 0.1) is 16.7 Å². The molecule has 1 saturated carbocycles. The molecular weight excluding hydrogens is 585 g/mol. The molecule has 0 amide bonds. The minimum atomic E-state index is -0.179. The molecule has 43 heavy (non-hydrogen) atoms. The second-order valence-electron chi connectivity index (χ2n) is 12.1. The molecule has 2 saturated heterocycles. The summed E-state index contributed by atoms with van der Waals surface area (Å²) in [4.78, 5) is 26.6. The largest absolute Gasteiger partial charge is 0.463 e. The average Bonchev–Trinajstić information content (AvgIpc) is 3.55. The van der Waals surface area contributed by atoms with Crippen LogP contribution in [0.2, 0.25) is 0 Å². The third-order valence-electron chi connectivity index (χ3n) is 9.17. The maximum absolute atomic E-state index is 9.82. The molecule has 3 fully saturated rings. The van der Waals surface area contributed by atoms with Crippen LogP contribution in [0.25, 0.3) is 0 Å². The minimum Gasteiger partial charge on any atom is -0.463 e. The second-order valence-corrected chi connectivity index (χ2v) is 14.5. The van der Waals surface area contributed by atoms with Gasteiger partial charge in [0.1, 0.15) is 16.9 Å². The number of rotatable bonds is 9. The lowest BCUT2D eigenvalue weighted by atomic mass is 9.88. The van der Waals surface area contributed by atoms with Gasteiger partial charge in [-0.2, -0.15) is 20.2 Å². The first kappa shape index (κ1) is 28.4. The van der Waals surface area contributed by atoms with Crippen LogP contribution in [0.15, 0.2) is 18.3 Å². The van der Waals surface area contributed by atoms with E-state index in [0.717, 1.165) is 62.6 Å². The Morgan fingerprint density at radius 2 is 2.00 bits per heavy atom. The summed E-state index contributed by atoms with van der Waals surface area (Å²) in [5.74, 6) is 2.42. The number of nitrogens with zero attached hydrogens (tertiary/aromatic N) is 8. The van der Waals surface area contributed by atoms with E-state index in [2.05, 4.69) is 27.8 Å². The van der Waals surface area contributed by atoms with Gasteiger partial charge >= 0.3 is 6.01 Å². The number of morpholine rings is 1. The number of hydrogen-bond acceptors (Lipinski definition) is 14. The van der Waals surface area contributed by atoms with Crippen molar-refractivity contribution >= 4 is 45.8 Å². The SMILES string of the molecule is CC(c1cccnc1N)N(C)c1nc(OCC2(CN3CCOCC3)CC2)nc(N2CC3(C2)SCc2sc(N)c(C#N)c23)n1. The lowest BCUT2D eigenvalue weighted by molar-refractivity contribution is 0.0231. The summed E-state index contributed by atoms with van der Waals surface area (Å²) in [6, 6.07) is 6.39. The average molecular weight is 621 g/mol. The van der Waals surface area contributed by atoms with Crippen molar-refractivity contribution in [1.82, 2.24) is 24.8 Å². The van der Waals surface area contributed by atoms with Crippen molar-refractivity contribution in [2.75, 3.05) is 80.9 Å². The van der Waals surface area contributed by atoms with Crippen molar-refractivity contribution in [3.8, 4) is 12.1 Å².